The summed E-state index contributed by atoms with van der Waals surface area (Å²) >= 11 is 6.01. The molecule has 0 aliphatic carbocycles. The summed E-state index contributed by atoms with van der Waals surface area (Å²) in [5.41, 5.74) is 0.605. The molecule has 1 aliphatic heterocycles. The molecular formula is C12H8N2O5S2. The third kappa shape index (κ3) is 3.45. The number of thioether (sulfide) groups is 1. The van der Waals surface area contributed by atoms with Crippen LogP contribution in [0.3, 0.4) is 0 Å². The van der Waals surface area contributed by atoms with E-state index in [1.54, 1.807) is 6.08 Å². The Labute approximate surface area is 128 Å². The summed E-state index contributed by atoms with van der Waals surface area (Å²) in [5, 5.41) is 11.4. The maximum Gasteiger partial charge on any atom is 0.293 e. The maximum absolute atomic E-state index is 12.0. The number of hydroxylamine groups is 2. The second-order valence-corrected chi connectivity index (χ2v) is 5.34. The summed E-state index contributed by atoms with van der Waals surface area (Å²) < 4.78 is 0.176. The molecule has 0 bridgehead atoms. The fourth-order valence-electron chi connectivity index (χ4n) is 1.43. The zero-order valence-electron chi connectivity index (χ0n) is 10.4. The van der Waals surface area contributed by atoms with Gasteiger partial charge in [-0.3, -0.25) is 14.9 Å². The number of amides is 1. The standard InChI is InChI=1S/C12H8N2O5S2/c1-2-18-19-13-11(15)10(21-12(13)20)7-8-3-5-9(6-4-8)14(16)17/h2-7H,1H2/b10-7+. The normalized spacial score (nSPS) is 16.4. The van der Waals surface area contributed by atoms with E-state index < -0.39 is 10.8 Å². The summed E-state index contributed by atoms with van der Waals surface area (Å²) in [4.78, 5) is 31.5. The SMILES string of the molecule is C=COON1C(=O)/C(=C\c2ccc([N+](=O)[O-])cc2)SC1=S. The van der Waals surface area contributed by atoms with Gasteiger partial charge in [0.1, 0.15) is 6.26 Å². The van der Waals surface area contributed by atoms with E-state index in [9.17, 15) is 14.9 Å². The highest BCUT2D eigenvalue weighted by molar-refractivity contribution is 8.26. The van der Waals surface area contributed by atoms with Crippen LogP contribution < -0.4 is 0 Å². The first-order chi connectivity index (χ1) is 10.0. The Hall–Kier alpha value is -2.23. The molecule has 0 unspecified atom stereocenters. The van der Waals surface area contributed by atoms with Gasteiger partial charge in [-0.15, -0.1) is 5.06 Å². The lowest BCUT2D eigenvalue weighted by molar-refractivity contribution is -0.384. The molecule has 1 heterocycles. The van der Waals surface area contributed by atoms with Crippen LogP contribution in [0.1, 0.15) is 5.56 Å². The van der Waals surface area contributed by atoms with Crippen LogP contribution in [0.4, 0.5) is 5.69 Å². The van der Waals surface area contributed by atoms with Crippen LogP contribution in [0, 0.1) is 10.1 Å². The van der Waals surface area contributed by atoms with Crippen LogP contribution in [-0.2, 0) is 14.7 Å². The molecule has 0 aromatic heterocycles. The van der Waals surface area contributed by atoms with Crippen molar-refractivity contribution in [3.05, 3.63) is 57.7 Å². The van der Waals surface area contributed by atoms with Gasteiger partial charge in [-0.2, -0.15) is 0 Å². The lowest BCUT2D eigenvalue weighted by Crippen LogP contribution is -2.27. The highest BCUT2D eigenvalue weighted by Gasteiger charge is 2.34. The quantitative estimate of drug-likeness (QED) is 0.206. The van der Waals surface area contributed by atoms with E-state index in [1.807, 2.05) is 0 Å². The highest BCUT2D eigenvalue weighted by Crippen LogP contribution is 2.32. The minimum Gasteiger partial charge on any atom is -0.322 e. The van der Waals surface area contributed by atoms with Crippen molar-refractivity contribution in [3.63, 3.8) is 0 Å². The van der Waals surface area contributed by atoms with Gasteiger partial charge in [0.25, 0.3) is 11.6 Å². The molecule has 0 radical (unpaired) electrons. The molecule has 1 aromatic carbocycles. The Morgan fingerprint density at radius 2 is 2.05 bits per heavy atom. The largest absolute Gasteiger partial charge is 0.322 e. The van der Waals surface area contributed by atoms with Crippen molar-refractivity contribution >= 4 is 46.0 Å². The summed E-state index contributed by atoms with van der Waals surface area (Å²) in [6.45, 7) is 3.28. The molecule has 1 saturated heterocycles. The predicted molar refractivity (Wildman–Crippen MR) is 80.5 cm³/mol. The number of carbonyl (C=O) groups excluding carboxylic acids is 1. The Balaban J connectivity index is 2.18. The van der Waals surface area contributed by atoms with Crippen LogP contribution >= 0.6 is 24.0 Å². The smallest absolute Gasteiger partial charge is 0.293 e. The Bertz CT molecular complexity index is 642. The molecule has 21 heavy (non-hydrogen) atoms. The topological polar surface area (TPSA) is 81.9 Å². The van der Waals surface area contributed by atoms with Gasteiger partial charge in [0.05, 0.1) is 9.83 Å². The summed E-state index contributed by atoms with van der Waals surface area (Å²) in [6, 6.07) is 5.77. The molecule has 2 rings (SSSR count). The number of benzene rings is 1. The Morgan fingerprint density at radius 3 is 2.62 bits per heavy atom. The van der Waals surface area contributed by atoms with Crippen LogP contribution in [0.5, 0.6) is 0 Å². The highest BCUT2D eigenvalue weighted by atomic mass is 32.2. The molecular weight excluding hydrogens is 316 g/mol. The van der Waals surface area contributed by atoms with E-state index >= 15 is 0 Å². The van der Waals surface area contributed by atoms with Gasteiger partial charge in [0, 0.05) is 12.1 Å². The number of carbonyl (C=O) groups is 1. The van der Waals surface area contributed by atoms with Gasteiger partial charge in [0.15, 0.2) is 4.32 Å². The number of nitro benzene ring substituents is 1. The predicted octanol–water partition coefficient (Wildman–Crippen LogP) is 2.80. The monoisotopic (exact) mass is 324 g/mol. The van der Waals surface area contributed by atoms with Crippen molar-refractivity contribution in [2.75, 3.05) is 0 Å². The second kappa shape index (κ2) is 6.48. The molecule has 1 amide bonds. The minimum atomic E-state index is -0.496. The fraction of sp³-hybridized carbons (Fsp3) is 0. The van der Waals surface area contributed by atoms with E-state index in [0.29, 0.717) is 10.5 Å². The van der Waals surface area contributed by atoms with Gasteiger partial charge in [-0.05, 0) is 36.0 Å². The van der Waals surface area contributed by atoms with E-state index in [1.165, 1.54) is 24.3 Å². The number of thiocarbonyl (C=S) groups is 1. The van der Waals surface area contributed by atoms with E-state index in [2.05, 4.69) is 16.5 Å². The molecule has 9 heteroatoms. The summed E-state index contributed by atoms with van der Waals surface area (Å²) in [7, 11) is 0. The number of nitrogens with zero attached hydrogens (tertiary/aromatic N) is 2. The lowest BCUT2D eigenvalue weighted by atomic mass is 10.2. The van der Waals surface area contributed by atoms with Crippen molar-refractivity contribution in [1.29, 1.82) is 0 Å². The Morgan fingerprint density at radius 1 is 1.38 bits per heavy atom. The van der Waals surface area contributed by atoms with Crippen LogP contribution in [-0.4, -0.2) is 20.2 Å². The lowest BCUT2D eigenvalue weighted by Gasteiger charge is -2.09. The van der Waals surface area contributed by atoms with Crippen molar-refractivity contribution in [3.8, 4) is 0 Å². The zero-order valence-corrected chi connectivity index (χ0v) is 12.1. The first kappa shape index (κ1) is 15.2. The summed E-state index contributed by atoms with van der Waals surface area (Å²) in [6.07, 6.45) is 2.57. The molecule has 108 valence electrons. The number of rotatable bonds is 5. The number of non-ortho nitro benzene ring substituents is 1. The third-order valence-electron chi connectivity index (χ3n) is 2.35. The molecule has 0 spiro atoms. The average Bonchev–Trinajstić information content (AvgIpc) is 2.72. The van der Waals surface area contributed by atoms with E-state index in [0.717, 1.165) is 23.1 Å². The average molecular weight is 324 g/mol. The van der Waals surface area contributed by atoms with Gasteiger partial charge in [-0.1, -0.05) is 23.3 Å². The van der Waals surface area contributed by atoms with Crippen LogP contribution in [0.2, 0.25) is 0 Å². The van der Waals surface area contributed by atoms with Crippen molar-refractivity contribution in [1.82, 2.24) is 5.06 Å². The van der Waals surface area contributed by atoms with Gasteiger partial charge in [0.2, 0.25) is 0 Å². The summed E-state index contributed by atoms with van der Waals surface area (Å²) in [5.74, 6) is -0.481. The molecule has 1 aromatic rings. The molecule has 7 nitrogen and oxygen atoms in total. The fourth-order valence-corrected chi connectivity index (χ4v) is 2.57. The molecule has 0 N–H and O–H groups in total. The van der Waals surface area contributed by atoms with Crippen molar-refractivity contribution < 1.29 is 19.6 Å². The van der Waals surface area contributed by atoms with Gasteiger partial charge in [-0.25, -0.2) is 0 Å². The first-order valence-electron chi connectivity index (χ1n) is 5.49. The molecule has 0 atom stereocenters. The molecule has 0 saturated carbocycles. The number of hydrogen-bond donors (Lipinski definition) is 0. The molecule has 1 fully saturated rings. The second-order valence-electron chi connectivity index (χ2n) is 3.66. The number of hydrogen-bond acceptors (Lipinski definition) is 7. The van der Waals surface area contributed by atoms with Crippen LogP contribution in [0.15, 0.2) is 42.0 Å². The first-order valence-corrected chi connectivity index (χ1v) is 6.72. The van der Waals surface area contributed by atoms with Gasteiger partial charge >= 0.3 is 0 Å². The van der Waals surface area contributed by atoms with Crippen molar-refractivity contribution in [2.45, 2.75) is 0 Å². The van der Waals surface area contributed by atoms with Crippen LogP contribution in [0.25, 0.3) is 6.08 Å². The number of nitro groups is 1. The Kier molecular flexibility index (Phi) is 4.68. The minimum absolute atomic E-state index is 0.0255. The third-order valence-corrected chi connectivity index (χ3v) is 3.61. The zero-order chi connectivity index (χ0) is 15.4. The van der Waals surface area contributed by atoms with E-state index in [4.69, 9.17) is 12.2 Å². The maximum atomic E-state index is 12.0. The van der Waals surface area contributed by atoms with E-state index in [-0.39, 0.29) is 10.0 Å². The van der Waals surface area contributed by atoms with Gasteiger partial charge < -0.3 is 4.89 Å². The molecule has 1 aliphatic rings. The van der Waals surface area contributed by atoms with Crippen molar-refractivity contribution in [2.24, 2.45) is 0 Å².